The number of nitrogens with zero attached hydrogens (tertiary/aromatic N) is 1. The Bertz CT molecular complexity index is 505. The molecule has 2 rings (SSSR count). The Hall–Kier alpha value is -2.02. The molecule has 0 heterocycles. The summed E-state index contributed by atoms with van der Waals surface area (Å²) < 4.78 is 5.35. The lowest BCUT2D eigenvalue weighted by atomic mass is 9.80. The Morgan fingerprint density at radius 2 is 2.37 bits per heavy atom. The second-order valence-electron chi connectivity index (χ2n) is 4.79. The molecule has 0 radical (unpaired) electrons. The maximum Gasteiger partial charge on any atom is 0.341 e. The van der Waals surface area contributed by atoms with Gasteiger partial charge in [0.25, 0.3) is 0 Å². The number of ether oxygens (including phenoxy) is 1. The fourth-order valence-electron chi connectivity index (χ4n) is 2.73. The van der Waals surface area contributed by atoms with Crippen molar-refractivity contribution in [2.24, 2.45) is 0 Å². The number of nitriles is 1. The lowest BCUT2D eigenvalue weighted by molar-refractivity contribution is -0.139. The van der Waals surface area contributed by atoms with Crippen LogP contribution < -0.4 is 4.74 Å². The van der Waals surface area contributed by atoms with Crippen molar-refractivity contribution >= 4 is 5.97 Å². The van der Waals surface area contributed by atoms with Crippen LogP contribution in [0.5, 0.6) is 5.75 Å². The Kier molecular flexibility index (Phi) is 4.40. The first-order valence-corrected chi connectivity index (χ1v) is 6.55. The van der Waals surface area contributed by atoms with E-state index in [0.29, 0.717) is 18.1 Å². The van der Waals surface area contributed by atoms with E-state index < -0.39 is 5.97 Å². The molecule has 0 saturated carbocycles. The summed E-state index contributed by atoms with van der Waals surface area (Å²) in [5.74, 6) is 0.118. The number of carbonyl (C=O) groups is 1. The van der Waals surface area contributed by atoms with Crippen LogP contribution in [-0.2, 0) is 11.2 Å². The van der Waals surface area contributed by atoms with Gasteiger partial charge in [0.15, 0.2) is 6.61 Å². The van der Waals surface area contributed by atoms with Crippen LogP contribution in [0.15, 0.2) is 18.2 Å². The third-order valence-corrected chi connectivity index (χ3v) is 3.54. The fraction of sp³-hybridized carbons (Fsp3) is 0.467. The third-order valence-electron chi connectivity index (χ3n) is 3.54. The van der Waals surface area contributed by atoms with Gasteiger partial charge in [-0.1, -0.05) is 12.1 Å². The first kappa shape index (κ1) is 13.4. The quantitative estimate of drug-likeness (QED) is 0.882. The van der Waals surface area contributed by atoms with Crippen molar-refractivity contribution in [1.82, 2.24) is 0 Å². The molecule has 4 nitrogen and oxygen atoms in total. The first-order valence-electron chi connectivity index (χ1n) is 6.55. The molecular weight excluding hydrogens is 242 g/mol. The minimum Gasteiger partial charge on any atom is -0.482 e. The lowest BCUT2D eigenvalue weighted by Crippen LogP contribution is -2.14. The molecule has 1 unspecified atom stereocenters. The number of fused-ring (bicyclic) bond motifs is 1. The van der Waals surface area contributed by atoms with Gasteiger partial charge in [-0.05, 0) is 48.8 Å². The van der Waals surface area contributed by atoms with Crippen molar-refractivity contribution in [3.63, 3.8) is 0 Å². The molecule has 100 valence electrons. The highest BCUT2D eigenvalue weighted by molar-refractivity contribution is 5.68. The highest BCUT2D eigenvalue weighted by atomic mass is 16.5. The molecule has 0 aromatic heterocycles. The van der Waals surface area contributed by atoms with Crippen molar-refractivity contribution in [2.45, 2.75) is 38.0 Å². The smallest absolute Gasteiger partial charge is 0.341 e. The van der Waals surface area contributed by atoms with E-state index in [-0.39, 0.29) is 6.61 Å². The summed E-state index contributed by atoms with van der Waals surface area (Å²) in [7, 11) is 0. The van der Waals surface area contributed by atoms with E-state index in [9.17, 15) is 4.79 Å². The number of hydrogen-bond acceptors (Lipinski definition) is 3. The average Bonchev–Trinajstić information content (AvgIpc) is 2.42. The molecule has 1 aliphatic rings. The normalized spacial score (nSPS) is 17.3. The second-order valence-corrected chi connectivity index (χ2v) is 4.79. The zero-order valence-corrected chi connectivity index (χ0v) is 10.8. The molecule has 19 heavy (non-hydrogen) atoms. The minimum atomic E-state index is -0.963. The number of rotatable bonds is 5. The van der Waals surface area contributed by atoms with Crippen LogP contribution >= 0.6 is 0 Å². The molecule has 0 amide bonds. The largest absolute Gasteiger partial charge is 0.482 e. The van der Waals surface area contributed by atoms with E-state index in [2.05, 4.69) is 12.1 Å². The predicted molar refractivity (Wildman–Crippen MR) is 70.1 cm³/mol. The van der Waals surface area contributed by atoms with Crippen molar-refractivity contribution in [2.75, 3.05) is 6.61 Å². The van der Waals surface area contributed by atoms with E-state index in [1.807, 2.05) is 12.1 Å². The van der Waals surface area contributed by atoms with Crippen LogP contribution in [0.4, 0.5) is 0 Å². The zero-order valence-electron chi connectivity index (χ0n) is 10.8. The summed E-state index contributed by atoms with van der Waals surface area (Å²) >= 11 is 0. The van der Waals surface area contributed by atoms with Gasteiger partial charge >= 0.3 is 5.97 Å². The molecule has 1 N–H and O–H groups in total. The molecule has 0 fully saturated rings. The van der Waals surface area contributed by atoms with Crippen LogP contribution in [0.2, 0.25) is 0 Å². The SMILES string of the molecule is N#CCCC1CCCc2c(OCC(=O)O)cccc21. The van der Waals surface area contributed by atoms with Gasteiger partial charge in [0.05, 0.1) is 6.07 Å². The number of carboxylic acids is 1. The van der Waals surface area contributed by atoms with Gasteiger partial charge in [-0.2, -0.15) is 5.26 Å². The minimum absolute atomic E-state index is 0.306. The Morgan fingerprint density at radius 1 is 1.53 bits per heavy atom. The number of hydrogen-bond donors (Lipinski definition) is 1. The topological polar surface area (TPSA) is 70.3 Å². The van der Waals surface area contributed by atoms with E-state index >= 15 is 0 Å². The van der Waals surface area contributed by atoms with Crippen molar-refractivity contribution < 1.29 is 14.6 Å². The van der Waals surface area contributed by atoms with Gasteiger partial charge in [-0.15, -0.1) is 0 Å². The summed E-state index contributed by atoms with van der Waals surface area (Å²) in [5, 5.41) is 17.4. The highest BCUT2D eigenvalue weighted by Gasteiger charge is 2.22. The zero-order chi connectivity index (χ0) is 13.7. The molecule has 4 heteroatoms. The maximum atomic E-state index is 10.6. The molecule has 0 bridgehead atoms. The van der Waals surface area contributed by atoms with Gasteiger partial charge in [-0.25, -0.2) is 4.79 Å². The summed E-state index contributed by atoms with van der Waals surface area (Å²) in [6.07, 6.45) is 4.51. The highest BCUT2D eigenvalue weighted by Crippen LogP contribution is 2.38. The van der Waals surface area contributed by atoms with Gasteiger partial charge in [-0.3, -0.25) is 0 Å². The van der Waals surface area contributed by atoms with E-state index in [1.54, 1.807) is 0 Å². The van der Waals surface area contributed by atoms with Gasteiger partial charge in [0, 0.05) is 6.42 Å². The predicted octanol–water partition coefficient (Wildman–Crippen LogP) is 2.87. The molecule has 1 aromatic carbocycles. The fourth-order valence-corrected chi connectivity index (χ4v) is 2.73. The summed E-state index contributed by atoms with van der Waals surface area (Å²) in [6, 6.07) is 8.00. The van der Waals surface area contributed by atoms with Crippen LogP contribution in [0, 0.1) is 11.3 Å². The number of carboxylic acid groups (broad SMARTS) is 1. The first-order chi connectivity index (χ1) is 9.22. The van der Waals surface area contributed by atoms with Crippen LogP contribution in [0.1, 0.15) is 42.7 Å². The van der Waals surface area contributed by atoms with E-state index in [1.165, 1.54) is 5.56 Å². The average molecular weight is 259 g/mol. The van der Waals surface area contributed by atoms with Gasteiger partial charge in [0.1, 0.15) is 5.75 Å². The van der Waals surface area contributed by atoms with Gasteiger partial charge in [0.2, 0.25) is 0 Å². The second kappa shape index (κ2) is 6.24. The maximum absolute atomic E-state index is 10.6. The molecule has 0 aliphatic heterocycles. The summed E-state index contributed by atoms with van der Waals surface area (Å²) in [6.45, 7) is -0.306. The van der Waals surface area contributed by atoms with Crippen molar-refractivity contribution in [3.8, 4) is 11.8 Å². The van der Waals surface area contributed by atoms with Crippen molar-refractivity contribution in [1.29, 1.82) is 5.26 Å². The standard InChI is InChI=1S/C15H17NO3/c16-9-3-5-11-4-1-7-13-12(11)6-2-8-14(13)19-10-15(17)18/h2,6,8,11H,1,3-5,7,10H2,(H,17,18). The summed E-state index contributed by atoms with van der Waals surface area (Å²) in [5.41, 5.74) is 2.35. The molecule has 1 atom stereocenters. The number of aliphatic carboxylic acids is 1. The Balaban J connectivity index is 2.20. The third kappa shape index (κ3) is 3.25. The molecule has 0 saturated heterocycles. The molecule has 1 aromatic rings. The van der Waals surface area contributed by atoms with E-state index in [0.717, 1.165) is 31.2 Å². The molecule has 0 spiro atoms. The monoisotopic (exact) mass is 259 g/mol. The molecule has 1 aliphatic carbocycles. The van der Waals surface area contributed by atoms with Gasteiger partial charge < -0.3 is 9.84 Å². The molecular formula is C15H17NO3. The van der Waals surface area contributed by atoms with Crippen LogP contribution in [0.3, 0.4) is 0 Å². The number of benzene rings is 1. The van der Waals surface area contributed by atoms with Crippen molar-refractivity contribution in [3.05, 3.63) is 29.3 Å². The lowest BCUT2D eigenvalue weighted by Gasteiger charge is -2.26. The Morgan fingerprint density at radius 3 is 3.11 bits per heavy atom. The van der Waals surface area contributed by atoms with E-state index in [4.69, 9.17) is 15.1 Å². The van der Waals surface area contributed by atoms with Crippen LogP contribution in [-0.4, -0.2) is 17.7 Å². The Labute approximate surface area is 112 Å². The van der Waals surface area contributed by atoms with Crippen LogP contribution in [0.25, 0.3) is 0 Å². The summed E-state index contributed by atoms with van der Waals surface area (Å²) in [4.78, 5) is 10.6.